The zero-order chi connectivity index (χ0) is 10.6. The maximum atomic E-state index is 12.6. The minimum atomic E-state index is -0.671. The van der Waals surface area contributed by atoms with Gasteiger partial charge in [0.15, 0.2) is 0 Å². The van der Waals surface area contributed by atoms with Gasteiger partial charge >= 0.3 is 0 Å². The predicted octanol–water partition coefficient (Wildman–Crippen LogP) is 1.86. The van der Waals surface area contributed by atoms with Crippen LogP contribution in [0.15, 0.2) is 29.4 Å². The van der Waals surface area contributed by atoms with Crippen molar-refractivity contribution in [1.82, 2.24) is 10.3 Å². The number of pyridine rings is 1. The summed E-state index contributed by atoms with van der Waals surface area (Å²) in [6.45, 7) is 3.86. The van der Waals surface area contributed by atoms with Gasteiger partial charge in [-0.25, -0.2) is 4.98 Å². The molecule has 1 rings (SSSR count). The number of hydrogen-bond acceptors (Lipinski definition) is 2. The molecule has 0 bridgehead atoms. The van der Waals surface area contributed by atoms with Gasteiger partial charge in [-0.2, -0.15) is 4.39 Å². The van der Waals surface area contributed by atoms with Gasteiger partial charge in [-0.05, 0) is 6.07 Å². The van der Waals surface area contributed by atoms with Gasteiger partial charge in [-0.1, -0.05) is 22.5 Å². The van der Waals surface area contributed by atoms with E-state index < -0.39 is 5.95 Å². The lowest BCUT2D eigenvalue weighted by molar-refractivity contribution is 0.0957. The lowest BCUT2D eigenvalue weighted by Gasteiger charge is -2.03. The summed E-state index contributed by atoms with van der Waals surface area (Å²) in [6.07, 6.45) is 1.24. The summed E-state index contributed by atoms with van der Waals surface area (Å²) in [5, 5.41) is 2.55. The van der Waals surface area contributed by atoms with Crippen LogP contribution in [0.25, 0.3) is 0 Å². The Hall–Kier alpha value is -1.23. The van der Waals surface area contributed by atoms with Crippen molar-refractivity contribution in [3.05, 3.63) is 40.9 Å². The topological polar surface area (TPSA) is 42.0 Å². The molecular weight excluding hydrogens is 251 g/mol. The molecule has 0 aromatic carbocycles. The number of halogens is 2. The normalized spacial score (nSPS) is 9.57. The van der Waals surface area contributed by atoms with Crippen LogP contribution < -0.4 is 5.32 Å². The predicted molar refractivity (Wildman–Crippen MR) is 54.6 cm³/mol. The Morgan fingerprint density at radius 2 is 2.43 bits per heavy atom. The van der Waals surface area contributed by atoms with Crippen LogP contribution in [0.4, 0.5) is 4.39 Å². The van der Waals surface area contributed by atoms with E-state index >= 15 is 0 Å². The van der Waals surface area contributed by atoms with Gasteiger partial charge in [-0.15, -0.1) is 0 Å². The van der Waals surface area contributed by atoms with E-state index in [1.165, 1.54) is 12.3 Å². The standard InChI is InChI=1S/C9H8BrFN2O/c1-6(10)5-13-9(14)7-2-3-12-8(11)4-7/h2-4H,1,5H2,(H,13,14). The van der Waals surface area contributed by atoms with E-state index in [1.54, 1.807) is 0 Å². The molecule has 1 heterocycles. The first-order valence-electron chi connectivity index (χ1n) is 3.82. The van der Waals surface area contributed by atoms with Crippen LogP contribution in [-0.2, 0) is 0 Å². The molecule has 1 amide bonds. The van der Waals surface area contributed by atoms with Crippen LogP contribution in [0, 0.1) is 5.95 Å². The van der Waals surface area contributed by atoms with Crippen LogP contribution in [0.3, 0.4) is 0 Å². The quantitative estimate of drug-likeness (QED) is 0.842. The lowest BCUT2D eigenvalue weighted by Crippen LogP contribution is -2.24. The number of carbonyl (C=O) groups is 1. The SMILES string of the molecule is C=C(Br)CNC(=O)c1ccnc(F)c1. The maximum Gasteiger partial charge on any atom is 0.251 e. The number of nitrogens with one attached hydrogen (secondary N) is 1. The molecule has 0 aliphatic rings. The minimum Gasteiger partial charge on any atom is -0.347 e. The number of nitrogens with zero attached hydrogens (tertiary/aromatic N) is 1. The number of aromatic nitrogens is 1. The summed E-state index contributed by atoms with van der Waals surface area (Å²) in [5.74, 6) is -1.03. The smallest absolute Gasteiger partial charge is 0.251 e. The van der Waals surface area contributed by atoms with Gasteiger partial charge in [0.1, 0.15) is 0 Å². The number of hydrogen-bond donors (Lipinski definition) is 1. The molecule has 1 aromatic heterocycles. The Morgan fingerprint density at radius 1 is 1.71 bits per heavy atom. The third-order valence-electron chi connectivity index (χ3n) is 1.43. The van der Waals surface area contributed by atoms with Crippen molar-refractivity contribution in [2.24, 2.45) is 0 Å². The number of carbonyl (C=O) groups excluding carboxylic acids is 1. The molecule has 0 aliphatic heterocycles. The average Bonchev–Trinajstić information content (AvgIpc) is 2.14. The Labute approximate surface area is 89.2 Å². The van der Waals surface area contributed by atoms with E-state index in [2.05, 4.69) is 32.8 Å². The van der Waals surface area contributed by atoms with Crippen LogP contribution in [0.1, 0.15) is 10.4 Å². The highest BCUT2D eigenvalue weighted by Gasteiger charge is 2.05. The molecule has 14 heavy (non-hydrogen) atoms. The molecule has 1 N–H and O–H groups in total. The Kier molecular flexibility index (Phi) is 3.76. The molecule has 0 atom stereocenters. The summed E-state index contributed by atoms with van der Waals surface area (Å²) in [4.78, 5) is 14.7. The van der Waals surface area contributed by atoms with Crippen LogP contribution >= 0.6 is 15.9 Å². The first kappa shape index (κ1) is 10.8. The average molecular weight is 259 g/mol. The minimum absolute atomic E-state index is 0.242. The van der Waals surface area contributed by atoms with Crippen molar-refractivity contribution < 1.29 is 9.18 Å². The van der Waals surface area contributed by atoms with Crippen molar-refractivity contribution in [3.63, 3.8) is 0 Å². The maximum absolute atomic E-state index is 12.6. The molecule has 0 spiro atoms. The second-order valence-electron chi connectivity index (χ2n) is 2.57. The zero-order valence-corrected chi connectivity index (χ0v) is 8.84. The van der Waals surface area contributed by atoms with Gasteiger partial charge < -0.3 is 5.32 Å². The first-order chi connectivity index (χ1) is 6.59. The molecular formula is C9H8BrFN2O. The highest BCUT2D eigenvalue weighted by atomic mass is 79.9. The van der Waals surface area contributed by atoms with E-state index in [1.807, 2.05) is 0 Å². The molecule has 0 aliphatic carbocycles. The van der Waals surface area contributed by atoms with Gasteiger partial charge in [0.2, 0.25) is 5.95 Å². The van der Waals surface area contributed by atoms with Gasteiger partial charge in [0.25, 0.3) is 5.91 Å². The molecule has 0 radical (unpaired) electrons. The molecule has 0 saturated heterocycles. The fourth-order valence-electron chi connectivity index (χ4n) is 0.822. The summed E-state index contributed by atoms with van der Waals surface area (Å²) in [6, 6.07) is 2.52. The van der Waals surface area contributed by atoms with Crippen molar-refractivity contribution in [1.29, 1.82) is 0 Å². The molecule has 0 unspecified atom stereocenters. The monoisotopic (exact) mass is 258 g/mol. The van der Waals surface area contributed by atoms with Crippen LogP contribution in [0.2, 0.25) is 0 Å². The summed E-state index contributed by atoms with van der Waals surface area (Å²) in [7, 11) is 0. The third-order valence-corrected chi connectivity index (χ3v) is 1.71. The summed E-state index contributed by atoms with van der Waals surface area (Å²) < 4.78 is 13.3. The Morgan fingerprint density at radius 3 is 3.00 bits per heavy atom. The van der Waals surface area contributed by atoms with E-state index in [0.717, 1.165) is 6.07 Å². The third kappa shape index (κ3) is 3.26. The molecule has 1 aromatic rings. The van der Waals surface area contributed by atoms with Crippen LogP contribution in [0.5, 0.6) is 0 Å². The van der Waals surface area contributed by atoms with Crippen LogP contribution in [-0.4, -0.2) is 17.4 Å². The molecule has 74 valence electrons. The zero-order valence-electron chi connectivity index (χ0n) is 7.26. The van der Waals surface area contributed by atoms with E-state index in [9.17, 15) is 9.18 Å². The van der Waals surface area contributed by atoms with Gasteiger partial charge in [0.05, 0.1) is 0 Å². The highest BCUT2D eigenvalue weighted by Crippen LogP contribution is 2.02. The molecule has 0 saturated carbocycles. The lowest BCUT2D eigenvalue weighted by atomic mass is 10.2. The van der Waals surface area contributed by atoms with Crippen molar-refractivity contribution >= 4 is 21.8 Å². The fraction of sp³-hybridized carbons (Fsp3) is 0.111. The second kappa shape index (κ2) is 4.85. The van der Waals surface area contributed by atoms with E-state index in [0.29, 0.717) is 11.0 Å². The molecule has 0 fully saturated rings. The molecule has 3 nitrogen and oxygen atoms in total. The summed E-state index contributed by atoms with van der Waals surface area (Å²) >= 11 is 3.09. The van der Waals surface area contributed by atoms with Crippen molar-refractivity contribution in [3.8, 4) is 0 Å². The number of amides is 1. The second-order valence-corrected chi connectivity index (χ2v) is 3.69. The van der Waals surface area contributed by atoms with Crippen molar-refractivity contribution in [2.45, 2.75) is 0 Å². The highest BCUT2D eigenvalue weighted by molar-refractivity contribution is 9.11. The summed E-state index contributed by atoms with van der Waals surface area (Å²) in [5.41, 5.74) is 0.242. The fourth-order valence-corrected chi connectivity index (χ4v) is 0.962. The molecule has 5 heteroatoms. The Balaban J connectivity index is 2.65. The Bertz CT molecular complexity index is 368. The van der Waals surface area contributed by atoms with E-state index in [-0.39, 0.29) is 11.5 Å². The van der Waals surface area contributed by atoms with E-state index in [4.69, 9.17) is 0 Å². The van der Waals surface area contributed by atoms with Crippen molar-refractivity contribution in [2.75, 3.05) is 6.54 Å². The van der Waals surface area contributed by atoms with Gasteiger partial charge in [-0.3, -0.25) is 4.79 Å². The first-order valence-corrected chi connectivity index (χ1v) is 4.62. The van der Waals surface area contributed by atoms with Gasteiger partial charge in [0, 0.05) is 28.9 Å². The largest absolute Gasteiger partial charge is 0.347 e. The number of rotatable bonds is 3.